The molecule has 1 aromatic rings. The van der Waals surface area contributed by atoms with Crippen molar-refractivity contribution in [2.24, 2.45) is 0 Å². The van der Waals surface area contributed by atoms with Gasteiger partial charge < -0.3 is 14.8 Å². The predicted octanol–water partition coefficient (Wildman–Crippen LogP) is 1.17. The fourth-order valence-corrected chi connectivity index (χ4v) is 1.82. The number of H-pyrrole nitrogens is 1. The molecular weight excluding hydrogens is 243 g/mol. The molecule has 1 aromatic heterocycles. The highest BCUT2D eigenvalue weighted by atomic mass is 19.1. The summed E-state index contributed by atoms with van der Waals surface area (Å²) >= 11 is 0. The number of pyridine rings is 1. The van der Waals surface area contributed by atoms with E-state index in [9.17, 15) is 14.0 Å². The summed E-state index contributed by atoms with van der Waals surface area (Å²) < 4.78 is 18.7. The molecule has 0 fully saturated rings. The Morgan fingerprint density at radius 2 is 2.44 bits per heavy atom. The van der Waals surface area contributed by atoms with Crippen molar-refractivity contribution >= 4 is 6.09 Å². The van der Waals surface area contributed by atoms with E-state index >= 15 is 0 Å². The van der Waals surface area contributed by atoms with Gasteiger partial charge in [0.2, 0.25) is 0 Å². The van der Waals surface area contributed by atoms with Crippen molar-refractivity contribution in [2.45, 2.75) is 26.0 Å². The molecular formula is C11H13FN2O4. The van der Waals surface area contributed by atoms with Gasteiger partial charge in [-0.3, -0.25) is 9.69 Å². The van der Waals surface area contributed by atoms with Crippen LogP contribution in [0.3, 0.4) is 0 Å². The Morgan fingerprint density at radius 1 is 1.72 bits per heavy atom. The van der Waals surface area contributed by atoms with Crippen molar-refractivity contribution in [3.05, 3.63) is 27.9 Å². The summed E-state index contributed by atoms with van der Waals surface area (Å²) in [6, 6.07) is 1.00. The largest absolute Gasteiger partial charge is 0.487 e. The molecule has 98 valence electrons. The van der Waals surface area contributed by atoms with Crippen molar-refractivity contribution in [1.29, 1.82) is 0 Å². The van der Waals surface area contributed by atoms with Crippen molar-refractivity contribution < 1.29 is 19.0 Å². The van der Waals surface area contributed by atoms with Gasteiger partial charge in [0.15, 0.2) is 5.82 Å². The van der Waals surface area contributed by atoms with Gasteiger partial charge in [0.25, 0.3) is 5.56 Å². The number of fused-ring (bicyclic) bond motifs is 1. The highest BCUT2D eigenvalue weighted by Gasteiger charge is 2.26. The van der Waals surface area contributed by atoms with E-state index in [-0.39, 0.29) is 30.6 Å². The molecule has 2 N–H and O–H groups in total. The van der Waals surface area contributed by atoms with Gasteiger partial charge in [-0.2, -0.15) is 0 Å². The van der Waals surface area contributed by atoms with Crippen LogP contribution in [0.15, 0.2) is 10.9 Å². The number of halogens is 1. The van der Waals surface area contributed by atoms with Gasteiger partial charge in [-0.05, 0) is 6.42 Å². The number of hydrogen-bond acceptors (Lipinski definition) is 3. The van der Waals surface area contributed by atoms with Crippen molar-refractivity contribution in [1.82, 2.24) is 9.88 Å². The SMILES string of the molecule is CC[C@@H]1CN(C(=O)O)Cc2[nH]c(=O)c(F)cc2O1. The van der Waals surface area contributed by atoms with E-state index in [1.54, 1.807) is 0 Å². The molecule has 0 saturated carbocycles. The Labute approximate surface area is 102 Å². The van der Waals surface area contributed by atoms with E-state index in [0.29, 0.717) is 6.42 Å². The van der Waals surface area contributed by atoms with Gasteiger partial charge in [0.1, 0.15) is 11.9 Å². The summed E-state index contributed by atoms with van der Waals surface area (Å²) in [6.07, 6.45) is -0.869. The van der Waals surface area contributed by atoms with Crippen molar-refractivity contribution in [2.75, 3.05) is 6.54 Å². The minimum Gasteiger partial charge on any atom is -0.487 e. The van der Waals surface area contributed by atoms with E-state index in [1.807, 2.05) is 6.92 Å². The van der Waals surface area contributed by atoms with E-state index < -0.39 is 17.5 Å². The minimum atomic E-state index is -1.10. The molecule has 0 unspecified atom stereocenters. The topological polar surface area (TPSA) is 82.6 Å². The maximum absolute atomic E-state index is 13.2. The standard InChI is InChI=1S/C11H13FN2O4/c1-2-6-4-14(11(16)17)5-8-9(18-6)3-7(12)10(15)13-8/h3,6H,2,4-5H2,1H3,(H,13,15)(H,16,17)/t6-/m1/s1. The van der Waals surface area contributed by atoms with Gasteiger partial charge in [0.05, 0.1) is 18.8 Å². The first-order valence-corrected chi connectivity index (χ1v) is 5.57. The van der Waals surface area contributed by atoms with Crippen LogP contribution in [-0.4, -0.2) is 33.7 Å². The molecule has 0 aliphatic carbocycles. The number of aromatic amines is 1. The van der Waals surface area contributed by atoms with Crippen LogP contribution in [0.2, 0.25) is 0 Å². The summed E-state index contributed by atoms with van der Waals surface area (Å²) in [5.41, 5.74) is -0.600. The van der Waals surface area contributed by atoms with Crippen molar-refractivity contribution in [3.63, 3.8) is 0 Å². The highest BCUT2D eigenvalue weighted by molar-refractivity contribution is 5.65. The summed E-state index contributed by atoms with van der Waals surface area (Å²) in [5.74, 6) is -0.741. The van der Waals surface area contributed by atoms with Crippen molar-refractivity contribution in [3.8, 4) is 5.75 Å². The fraction of sp³-hybridized carbons (Fsp3) is 0.455. The van der Waals surface area contributed by atoms with Crippen LogP contribution in [0, 0.1) is 5.82 Å². The number of hydrogen-bond donors (Lipinski definition) is 2. The lowest BCUT2D eigenvalue weighted by Gasteiger charge is -2.19. The van der Waals surface area contributed by atoms with Gasteiger partial charge in [-0.15, -0.1) is 0 Å². The Hall–Kier alpha value is -2.05. The molecule has 1 aliphatic rings. The molecule has 1 aliphatic heterocycles. The molecule has 6 nitrogen and oxygen atoms in total. The Bertz CT molecular complexity index is 528. The van der Waals surface area contributed by atoms with Crippen LogP contribution in [0.5, 0.6) is 5.75 Å². The smallest absolute Gasteiger partial charge is 0.407 e. The second-order valence-corrected chi connectivity index (χ2v) is 4.10. The first-order chi connectivity index (χ1) is 8.51. The highest BCUT2D eigenvalue weighted by Crippen LogP contribution is 2.23. The van der Waals surface area contributed by atoms with E-state index in [4.69, 9.17) is 9.84 Å². The van der Waals surface area contributed by atoms with Gasteiger partial charge >= 0.3 is 6.09 Å². The number of amides is 1. The lowest BCUT2D eigenvalue weighted by molar-refractivity contribution is 0.114. The molecule has 1 atom stereocenters. The molecule has 0 bridgehead atoms. The summed E-state index contributed by atoms with van der Waals surface area (Å²) in [6.45, 7) is 2.01. The van der Waals surface area contributed by atoms with E-state index in [0.717, 1.165) is 11.0 Å². The molecule has 7 heteroatoms. The predicted molar refractivity (Wildman–Crippen MR) is 60.2 cm³/mol. The van der Waals surface area contributed by atoms with Gasteiger partial charge in [-0.25, -0.2) is 9.18 Å². The normalized spacial score (nSPS) is 18.8. The molecule has 0 aromatic carbocycles. The summed E-state index contributed by atoms with van der Waals surface area (Å²) in [4.78, 5) is 25.7. The zero-order valence-electron chi connectivity index (χ0n) is 9.77. The third kappa shape index (κ3) is 2.29. The number of ether oxygens (including phenoxy) is 1. The lowest BCUT2D eigenvalue weighted by atomic mass is 10.2. The minimum absolute atomic E-state index is 0.0172. The fourth-order valence-electron chi connectivity index (χ4n) is 1.82. The van der Waals surface area contributed by atoms with Crippen LogP contribution >= 0.6 is 0 Å². The zero-order valence-corrected chi connectivity index (χ0v) is 9.77. The Balaban J connectivity index is 2.43. The van der Waals surface area contributed by atoms with E-state index in [2.05, 4.69) is 4.98 Å². The Morgan fingerprint density at radius 3 is 3.06 bits per heavy atom. The number of rotatable bonds is 1. The molecule has 18 heavy (non-hydrogen) atoms. The average Bonchev–Trinajstić information content (AvgIpc) is 2.49. The monoisotopic (exact) mass is 256 g/mol. The second-order valence-electron chi connectivity index (χ2n) is 4.10. The van der Waals surface area contributed by atoms with Crippen LogP contribution in [-0.2, 0) is 6.54 Å². The molecule has 2 heterocycles. The van der Waals surface area contributed by atoms with Crippen LogP contribution < -0.4 is 10.3 Å². The number of aromatic nitrogens is 1. The molecule has 0 saturated heterocycles. The average molecular weight is 256 g/mol. The van der Waals surface area contributed by atoms with Gasteiger partial charge in [-0.1, -0.05) is 6.92 Å². The van der Waals surface area contributed by atoms with Crippen LogP contribution in [0.4, 0.5) is 9.18 Å². The number of carbonyl (C=O) groups is 1. The quantitative estimate of drug-likeness (QED) is 0.790. The van der Waals surface area contributed by atoms with Crippen LogP contribution in [0.25, 0.3) is 0 Å². The molecule has 2 rings (SSSR count). The number of nitrogens with one attached hydrogen (secondary N) is 1. The third-order valence-corrected chi connectivity index (χ3v) is 2.83. The molecule has 0 radical (unpaired) electrons. The molecule has 1 amide bonds. The lowest BCUT2D eigenvalue weighted by Crippen LogP contribution is -2.36. The van der Waals surface area contributed by atoms with Crippen LogP contribution in [0.1, 0.15) is 19.0 Å². The number of carboxylic acid groups (broad SMARTS) is 1. The van der Waals surface area contributed by atoms with E-state index in [1.165, 1.54) is 0 Å². The summed E-state index contributed by atoms with van der Waals surface area (Å²) in [5, 5.41) is 9.03. The maximum Gasteiger partial charge on any atom is 0.407 e. The first-order valence-electron chi connectivity index (χ1n) is 5.57. The second kappa shape index (κ2) is 4.67. The maximum atomic E-state index is 13.2. The first kappa shape index (κ1) is 12.4. The Kier molecular flexibility index (Phi) is 3.22. The summed E-state index contributed by atoms with van der Waals surface area (Å²) in [7, 11) is 0. The molecule has 0 spiro atoms. The number of nitrogens with zero attached hydrogens (tertiary/aromatic N) is 1. The van der Waals surface area contributed by atoms with Gasteiger partial charge in [0, 0.05) is 6.07 Å². The zero-order chi connectivity index (χ0) is 13.3. The third-order valence-electron chi connectivity index (χ3n) is 2.83.